The van der Waals surface area contributed by atoms with E-state index in [4.69, 9.17) is 0 Å². The highest BCUT2D eigenvalue weighted by atomic mass is 28.3. The number of hydrogen-bond acceptors (Lipinski definition) is 1. The molecule has 0 saturated carbocycles. The molecule has 108 valence electrons. The fourth-order valence-corrected chi connectivity index (χ4v) is 6.78. The third-order valence-corrected chi connectivity index (χ3v) is 7.68. The normalized spacial score (nSPS) is 19.9. The number of halogens is 1. The lowest BCUT2D eigenvalue weighted by atomic mass is 10.1. The quantitative estimate of drug-likeness (QED) is 0.746. The number of hydrogen-bond donors (Lipinski definition) is 1. The van der Waals surface area contributed by atoms with Gasteiger partial charge in [0.15, 0.2) is 8.24 Å². The maximum Gasteiger partial charge on any atom is 0.176 e. The van der Waals surface area contributed by atoms with Crippen molar-refractivity contribution in [3.8, 4) is 0 Å². The largest absolute Gasteiger partial charge is 0.407 e. The predicted molar refractivity (Wildman–Crippen MR) is 87.7 cm³/mol. The molecule has 0 radical (unpaired) electrons. The van der Waals surface area contributed by atoms with E-state index in [1.54, 1.807) is 5.20 Å². The first-order valence-electron chi connectivity index (χ1n) is 7.17. The Kier molecular flexibility index (Phi) is 3.92. The molecule has 2 rings (SSSR count). The topological polar surface area (TPSA) is 12.0 Å². The minimum Gasteiger partial charge on any atom is -0.407 e. The van der Waals surface area contributed by atoms with Crippen LogP contribution < -0.4 is 4.98 Å². The maximum atomic E-state index is 13.0. The van der Waals surface area contributed by atoms with Gasteiger partial charge in [-0.15, -0.1) is 0 Å². The van der Waals surface area contributed by atoms with Crippen molar-refractivity contribution in [2.45, 2.75) is 40.8 Å². The lowest BCUT2D eigenvalue weighted by molar-refractivity contribution is 0.628. The smallest absolute Gasteiger partial charge is 0.176 e. The highest BCUT2D eigenvalue weighted by Crippen LogP contribution is 2.41. The Bertz CT molecular complexity index is 582. The molecule has 0 aliphatic heterocycles. The summed E-state index contributed by atoms with van der Waals surface area (Å²) in [5.41, 5.74) is 5.38. The van der Waals surface area contributed by atoms with Crippen LogP contribution in [-0.4, -0.2) is 8.24 Å². The zero-order valence-electron chi connectivity index (χ0n) is 13.3. The van der Waals surface area contributed by atoms with Crippen LogP contribution in [-0.2, 0) is 0 Å². The Morgan fingerprint density at radius 3 is 2.00 bits per heavy atom. The fraction of sp³-hybridized carbons (Fsp3) is 0.412. The van der Waals surface area contributed by atoms with Crippen LogP contribution >= 0.6 is 0 Å². The van der Waals surface area contributed by atoms with E-state index in [2.05, 4.69) is 45.8 Å². The van der Waals surface area contributed by atoms with Crippen LogP contribution in [0.3, 0.4) is 0 Å². The monoisotopic (exact) mass is 289 g/mol. The van der Waals surface area contributed by atoms with E-state index < -0.39 is 8.24 Å². The van der Waals surface area contributed by atoms with Gasteiger partial charge in [-0.2, -0.15) is 0 Å². The second-order valence-electron chi connectivity index (χ2n) is 6.33. The van der Waals surface area contributed by atoms with E-state index in [1.165, 1.54) is 28.9 Å². The van der Waals surface area contributed by atoms with Crippen molar-refractivity contribution in [3.05, 3.63) is 52.0 Å². The van der Waals surface area contributed by atoms with Gasteiger partial charge >= 0.3 is 0 Å². The Hall–Kier alpha value is -1.35. The Labute approximate surface area is 122 Å². The maximum absolute atomic E-state index is 13.0. The summed E-state index contributed by atoms with van der Waals surface area (Å²) >= 11 is 0. The molecule has 1 aromatic carbocycles. The minimum absolute atomic E-state index is 0.187. The third-order valence-electron chi connectivity index (χ3n) is 4.61. The van der Waals surface area contributed by atoms with Crippen LogP contribution in [0.1, 0.15) is 27.7 Å². The van der Waals surface area contributed by atoms with Gasteiger partial charge in [-0.05, 0) is 69.6 Å². The van der Waals surface area contributed by atoms with Crippen LogP contribution in [0.2, 0.25) is 13.1 Å². The summed E-state index contributed by atoms with van der Waals surface area (Å²) in [5, 5.41) is 1.57. The summed E-state index contributed by atoms with van der Waals surface area (Å²) in [5.74, 6) is 0.331. The van der Waals surface area contributed by atoms with Crippen molar-refractivity contribution in [1.82, 2.24) is 0 Å². The van der Waals surface area contributed by atoms with Gasteiger partial charge in [-0.1, -0.05) is 23.3 Å². The molecule has 0 saturated heterocycles. The van der Waals surface area contributed by atoms with Crippen LogP contribution in [0.5, 0.6) is 0 Å². The van der Waals surface area contributed by atoms with Crippen molar-refractivity contribution in [3.63, 3.8) is 0 Å². The van der Waals surface area contributed by atoms with Gasteiger partial charge in [0.1, 0.15) is 5.82 Å². The second-order valence-corrected chi connectivity index (χ2v) is 10.4. The number of anilines is 1. The molecule has 0 aromatic heterocycles. The van der Waals surface area contributed by atoms with Crippen molar-refractivity contribution >= 4 is 13.9 Å². The highest BCUT2D eigenvalue weighted by molar-refractivity contribution is 6.87. The van der Waals surface area contributed by atoms with Crippen LogP contribution in [0.4, 0.5) is 10.1 Å². The van der Waals surface area contributed by atoms with E-state index in [9.17, 15) is 4.39 Å². The molecule has 1 atom stereocenters. The molecule has 1 aromatic rings. The van der Waals surface area contributed by atoms with Gasteiger partial charge in [-0.25, -0.2) is 4.39 Å². The average Bonchev–Trinajstić information content (AvgIpc) is 2.57. The highest BCUT2D eigenvalue weighted by Gasteiger charge is 2.36. The van der Waals surface area contributed by atoms with Crippen molar-refractivity contribution < 1.29 is 4.39 Å². The first-order chi connectivity index (χ1) is 9.24. The van der Waals surface area contributed by atoms with Crippen molar-refractivity contribution in [2.24, 2.45) is 5.92 Å². The van der Waals surface area contributed by atoms with Gasteiger partial charge in [0.2, 0.25) is 0 Å². The molecule has 1 N–H and O–H groups in total. The zero-order chi connectivity index (χ0) is 15.1. The first-order valence-corrected chi connectivity index (χ1v) is 10.2. The summed E-state index contributed by atoms with van der Waals surface area (Å²) < 4.78 is 13.0. The summed E-state index contributed by atoms with van der Waals surface area (Å²) in [4.78, 5) is 3.68. The number of nitrogens with one attached hydrogen (secondary N) is 1. The zero-order valence-corrected chi connectivity index (χ0v) is 14.3. The molecule has 1 aliphatic carbocycles. The molecule has 0 bridgehead atoms. The van der Waals surface area contributed by atoms with E-state index in [0.29, 0.717) is 5.92 Å². The molecule has 20 heavy (non-hydrogen) atoms. The summed E-state index contributed by atoms with van der Waals surface area (Å²) in [6, 6.07) is 6.68. The number of benzene rings is 1. The van der Waals surface area contributed by atoms with Gasteiger partial charge < -0.3 is 4.98 Å². The molecule has 3 heteroatoms. The summed E-state index contributed by atoms with van der Waals surface area (Å²) in [6.45, 7) is 13.6. The average molecular weight is 289 g/mol. The lowest BCUT2D eigenvalue weighted by Gasteiger charge is -2.31. The van der Waals surface area contributed by atoms with E-state index in [1.807, 2.05) is 12.1 Å². The van der Waals surface area contributed by atoms with Gasteiger partial charge in [0.25, 0.3) is 0 Å². The molecule has 1 aliphatic rings. The van der Waals surface area contributed by atoms with Crippen molar-refractivity contribution in [1.29, 1.82) is 0 Å². The molecule has 0 amide bonds. The molecule has 1 unspecified atom stereocenters. The standard InChI is InChI=1S/C17H24FNSi/c1-11-12(2)14(4)17(13(11)3)20(5,6)19-16-9-7-15(18)8-10-16/h7-10,13,19H,1-6H3. The molecule has 0 spiro atoms. The predicted octanol–water partition coefficient (Wildman–Crippen LogP) is 5.28. The van der Waals surface area contributed by atoms with Gasteiger partial charge in [0.05, 0.1) is 0 Å². The first kappa shape index (κ1) is 15.0. The van der Waals surface area contributed by atoms with Crippen molar-refractivity contribution in [2.75, 3.05) is 4.98 Å². The Morgan fingerprint density at radius 1 is 1.00 bits per heavy atom. The molecular formula is C17H24FNSi. The number of allylic oxidation sites excluding steroid dienone is 4. The summed E-state index contributed by atoms with van der Waals surface area (Å²) in [6.07, 6.45) is 0. The molecule has 0 fully saturated rings. The Morgan fingerprint density at radius 2 is 1.55 bits per heavy atom. The fourth-order valence-electron chi connectivity index (χ4n) is 3.34. The summed E-state index contributed by atoms with van der Waals surface area (Å²) in [7, 11) is -1.77. The van der Waals surface area contributed by atoms with E-state index >= 15 is 0 Å². The number of rotatable bonds is 3. The second kappa shape index (κ2) is 5.21. The minimum atomic E-state index is -1.77. The molecular weight excluding hydrogens is 265 g/mol. The van der Waals surface area contributed by atoms with Crippen LogP contribution in [0, 0.1) is 11.7 Å². The molecule has 0 heterocycles. The SMILES string of the molecule is CC1=C(C)C(C)C([Si](C)(C)Nc2ccc(F)cc2)=C1C. The van der Waals surface area contributed by atoms with Crippen LogP contribution in [0.25, 0.3) is 0 Å². The molecule has 1 nitrogen and oxygen atoms in total. The third kappa shape index (κ3) is 2.59. The van der Waals surface area contributed by atoms with Gasteiger partial charge in [-0.3, -0.25) is 0 Å². The van der Waals surface area contributed by atoms with E-state index in [0.717, 1.165) is 5.69 Å². The van der Waals surface area contributed by atoms with Crippen LogP contribution in [0.15, 0.2) is 46.2 Å². The van der Waals surface area contributed by atoms with E-state index in [-0.39, 0.29) is 5.82 Å². The lowest BCUT2D eigenvalue weighted by Crippen LogP contribution is -2.41. The van der Waals surface area contributed by atoms with Gasteiger partial charge in [0, 0.05) is 5.69 Å². The Balaban J connectivity index is 2.30.